The third-order valence-electron chi connectivity index (χ3n) is 6.61. The first kappa shape index (κ1) is 26.5. The number of nitrogens with one attached hydrogen (secondary N) is 1. The second-order valence-corrected chi connectivity index (χ2v) is 12.9. The lowest BCUT2D eigenvalue weighted by Crippen LogP contribution is -2.41. The number of piperidine rings is 1. The third-order valence-corrected chi connectivity index (χ3v) is 10.4. The molecule has 0 spiro atoms. The highest BCUT2D eigenvalue weighted by atomic mass is 32.2. The molecule has 36 heavy (non-hydrogen) atoms. The molecule has 2 aromatic carbocycles. The van der Waals surface area contributed by atoms with Gasteiger partial charge in [0.1, 0.15) is 11.6 Å². The molecule has 2 saturated heterocycles. The van der Waals surface area contributed by atoms with Gasteiger partial charge in [0.15, 0.2) is 0 Å². The van der Waals surface area contributed by atoms with Crippen LogP contribution in [0.4, 0.5) is 10.1 Å². The zero-order valence-corrected chi connectivity index (χ0v) is 21.7. The fourth-order valence-corrected chi connectivity index (χ4v) is 7.64. The summed E-state index contributed by atoms with van der Waals surface area (Å²) in [5.41, 5.74) is 0.751. The van der Waals surface area contributed by atoms with Crippen LogP contribution in [0, 0.1) is 11.7 Å². The van der Waals surface area contributed by atoms with Gasteiger partial charge in [-0.2, -0.15) is 4.31 Å². The van der Waals surface area contributed by atoms with Crippen LogP contribution in [0.5, 0.6) is 5.75 Å². The van der Waals surface area contributed by atoms with Crippen molar-refractivity contribution in [2.24, 2.45) is 5.92 Å². The predicted octanol–water partition coefficient (Wildman–Crippen LogP) is 2.80. The molecule has 0 unspecified atom stereocenters. The lowest BCUT2D eigenvalue weighted by molar-refractivity contribution is -0.120. The van der Waals surface area contributed by atoms with E-state index in [0.29, 0.717) is 37.2 Å². The van der Waals surface area contributed by atoms with E-state index in [1.54, 1.807) is 0 Å². The minimum atomic E-state index is -3.67. The molecule has 9 nitrogen and oxygen atoms in total. The molecule has 0 bridgehead atoms. The van der Waals surface area contributed by atoms with Crippen molar-refractivity contribution in [2.75, 3.05) is 38.6 Å². The van der Waals surface area contributed by atoms with E-state index in [1.807, 2.05) is 0 Å². The van der Waals surface area contributed by atoms with Crippen molar-refractivity contribution in [1.29, 1.82) is 0 Å². The van der Waals surface area contributed by atoms with Crippen molar-refractivity contribution in [3.8, 4) is 5.75 Å². The first-order chi connectivity index (χ1) is 17.1. The summed E-state index contributed by atoms with van der Waals surface area (Å²) in [5.74, 6) is -1.09. The Morgan fingerprint density at radius 3 is 2.22 bits per heavy atom. The number of carbonyl (C=O) groups excluding carboxylic acids is 1. The minimum absolute atomic E-state index is 0.0854. The smallest absolute Gasteiger partial charge is 0.243 e. The quantitative estimate of drug-likeness (QED) is 0.552. The Balaban J connectivity index is 1.40. The van der Waals surface area contributed by atoms with Crippen LogP contribution < -0.4 is 10.1 Å². The van der Waals surface area contributed by atoms with E-state index in [9.17, 15) is 26.0 Å². The monoisotopic (exact) mass is 539 g/mol. The van der Waals surface area contributed by atoms with Gasteiger partial charge in [-0.05, 0) is 61.6 Å². The summed E-state index contributed by atoms with van der Waals surface area (Å²) < 4.78 is 72.7. The number of benzene rings is 2. The third kappa shape index (κ3) is 5.88. The van der Waals surface area contributed by atoms with Gasteiger partial charge in [0, 0.05) is 32.1 Å². The Morgan fingerprint density at radius 1 is 0.972 bits per heavy atom. The Morgan fingerprint density at radius 2 is 1.61 bits per heavy atom. The maximum atomic E-state index is 13.1. The number of carbonyl (C=O) groups is 1. The summed E-state index contributed by atoms with van der Waals surface area (Å²) >= 11 is 0. The summed E-state index contributed by atoms with van der Waals surface area (Å²) in [7, 11) is -5.84. The maximum absolute atomic E-state index is 13.1. The Bertz CT molecular complexity index is 1300. The average molecular weight is 540 g/mol. The molecule has 0 atom stereocenters. The van der Waals surface area contributed by atoms with Gasteiger partial charge in [-0.15, -0.1) is 0 Å². The van der Waals surface area contributed by atoms with E-state index in [4.69, 9.17) is 4.74 Å². The van der Waals surface area contributed by atoms with Gasteiger partial charge in [0.05, 0.1) is 23.4 Å². The molecule has 2 fully saturated rings. The Hall–Kier alpha value is -2.54. The molecular formula is C24H30FN3O6S2. The second kappa shape index (κ2) is 10.8. The highest BCUT2D eigenvalue weighted by Crippen LogP contribution is 2.31. The zero-order valence-electron chi connectivity index (χ0n) is 20.0. The van der Waals surface area contributed by atoms with Crippen LogP contribution in [0.2, 0.25) is 0 Å². The number of rotatable bonds is 8. The van der Waals surface area contributed by atoms with Crippen LogP contribution in [0.1, 0.15) is 31.2 Å². The Kier molecular flexibility index (Phi) is 7.98. The van der Waals surface area contributed by atoms with Crippen LogP contribution >= 0.6 is 0 Å². The van der Waals surface area contributed by atoms with E-state index in [1.165, 1.54) is 58.2 Å². The molecule has 2 aromatic rings. The van der Waals surface area contributed by atoms with Crippen molar-refractivity contribution in [3.05, 3.63) is 53.8 Å². The van der Waals surface area contributed by atoms with Crippen molar-refractivity contribution >= 4 is 31.6 Å². The lowest BCUT2D eigenvalue weighted by atomic mass is 9.97. The SMILES string of the molecule is COc1ccc(S(=O)(=O)N2CCCC2)cc1NC(=O)C1CCN(S(=O)(=O)Cc2ccc(F)cc2)CC1. The number of hydrogen-bond donors (Lipinski definition) is 1. The largest absolute Gasteiger partial charge is 0.495 e. The van der Waals surface area contributed by atoms with Crippen LogP contribution in [0.25, 0.3) is 0 Å². The number of amides is 1. The molecule has 2 heterocycles. The molecule has 0 aliphatic carbocycles. The fourth-order valence-electron chi connectivity index (χ4n) is 4.54. The van der Waals surface area contributed by atoms with Crippen LogP contribution in [-0.2, 0) is 30.6 Å². The Labute approximate surface area is 211 Å². The molecule has 12 heteroatoms. The maximum Gasteiger partial charge on any atom is 0.243 e. The summed E-state index contributed by atoms with van der Waals surface area (Å²) in [5, 5.41) is 2.78. The lowest BCUT2D eigenvalue weighted by Gasteiger charge is -2.30. The number of anilines is 1. The fraction of sp³-hybridized carbons (Fsp3) is 0.458. The van der Waals surface area contributed by atoms with Crippen LogP contribution in [-0.4, -0.2) is 64.6 Å². The van der Waals surface area contributed by atoms with Gasteiger partial charge in [-0.25, -0.2) is 25.5 Å². The number of ether oxygens (including phenoxy) is 1. The standard InChI is InChI=1S/C24H30FN3O6S2/c1-34-23-9-8-21(36(32,33)28-12-2-3-13-28)16-22(23)26-24(29)19-10-14-27(15-11-19)35(30,31)17-18-4-6-20(25)7-5-18/h4-9,16,19H,2-3,10-15,17H2,1H3,(H,26,29). The number of halogens is 1. The van der Waals surface area contributed by atoms with E-state index < -0.39 is 31.8 Å². The van der Waals surface area contributed by atoms with Gasteiger partial charge in [-0.1, -0.05) is 12.1 Å². The molecule has 0 saturated carbocycles. The summed E-state index contributed by atoms with van der Waals surface area (Å²) in [6.07, 6.45) is 2.28. The molecule has 1 amide bonds. The van der Waals surface area contributed by atoms with Gasteiger partial charge >= 0.3 is 0 Å². The predicted molar refractivity (Wildman–Crippen MR) is 133 cm³/mol. The van der Waals surface area contributed by atoms with E-state index in [0.717, 1.165) is 12.8 Å². The number of hydrogen-bond acceptors (Lipinski definition) is 6. The first-order valence-electron chi connectivity index (χ1n) is 11.8. The molecule has 1 N–H and O–H groups in total. The highest BCUT2D eigenvalue weighted by molar-refractivity contribution is 7.89. The zero-order chi connectivity index (χ0) is 25.9. The molecule has 0 aromatic heterocycles. The number of sulfonamides is 2. The molecule has 196 valence electrons. The van der Waals surface area contributed by atoms with Gasteiger partial charge in [0.25, 0.3) is 0 Å². The summed E-state index contributed by atoms with van der Waals surface area (Å²) in [6.45, 7) is 1.31. The van der Waals surface area contributed by atoms with Crippen molar-refractivity contribution in [2.45, 2.75) is 36.3 Å². The second-order valence-electron chi connectivity index (χ2n) is 9.02. The molecule has 2 aliphatic heterocycles. The van der Waals surface area contributed by atoms with Gasteiger partial charge in [0.2, 0.25) is 26.0 Å². The average Bonchev–Trinajstić information content (AvgIpc) is 3.41. The molecule has 0 radical (unpaired) electrons. The van der Waals surface area contributed by atoms with Crippen LogP contribution in [0.15, 0.2) is 47.4 Å². The highest BCUT2D eigenvalue weighted by Gasteiger charge is 2.32. The topological polar surface area (TPSA) is 113 Å². The van der Waals surface area contributed by atoms with E-state index in [-0.39, 0.29) is 35.3 Å². The first-order valence-corrected chi connectivity index (χ1v) is 14.9. The molecule has 2 aliphatic rings. The normalized spacial score (nSPS) is 18.3. The van der Waals surface area contributed by atoms with E-state index >= 15 is 0 Å². The molecular weight excluding hydrogens is 509 g/mol. The minimum Gasteiger partial charge on any atom is -0.495 e. The van der Waals surface area contributed by atoms with Crippen molar-refractivity contribution in [3.63, 3.8) is 0 Å². The van der Waals surface area contributed by atoms with E-state index in [2.05, 4.69) is 5.32 Å². The van der Waals surface area contributed by atoms with Crippen LogP contribution in [0.3, 0.4) is 0 Å². The van der Waals surface area contributed by atoms with Crippen molar-refractivity contribution < 1.29 is 30.8 Å². The number of methoxy groups -OCH3 is 1. The van der Waals surface area contributed by atoms with Gasteiger partial charge < -0.3 is 10.1 Å². The number of nitrogens with zero attached hydrogens (tertiary/aromatic N) is 2. The summed E-state index contributed by atoms with van der Waals surface area (Å²) in [4.78, 5) is 13.1. The summed E-state index contributed by atoms with van der Waals surface area (Å²) in [6, 6.07) is 9.72. The van der Waals surface area contributed by atoms with Gasteiger partial charge in [-0.3, -0.25) is 4.79 Å². The molecule has 4 rings (SSSR count). The van der Waals surface area contributed by atoms with Crippen molar-refractivity contribution in [1.82, 2.24) is 8.61 Å².